The number of allylic oxidation sites excluding steroid dienone is 1. The molecule has 1 atom stereocenters. The van der Waals surface area contributed by atoms with Crippen LogP contribution in [0, 0.1) is 5.82 Å². The van der Waals surface area contributed by atoms with Crippen molar-refractivity contribution in [3.05, 3.63) is 89.2 Å². The van der Waals surface area contributed by atoms with Gasteiger partial charge in [-0.15, -0.1) is 0 Å². The minimum absolute atomic E-state index is 0.0695. The summed E-state index contributed by atoms with van der Waals surface area (Å²) in [6, 6.07) is 16.5. The molecule has 3 rings (SSSR count). The SMILES string of the molecule is COC(=O)C(C)c1ccc(-c2ccc(O)c(C(=O)/C=C/c3ccc(N(C)C)cc3)c2)c(F)c1. The third-order valence-electron chi connectivity index (χ3n) is 5.46. The van der Waals surface area contributed by atoms with E-state index < -0.39 is 23.5 Å². The van der Waals surface area contributed by atoms with E-state index in [1.165, 1.54) is 37.5 Å². The van der Waals surface area contributed by atoms with Gasteiger partial charge in [-0.1, -0.05) is 36.4 Å². The number of phenols is 1. The minimum Gasteiger partial charge on any atom is -0.507 e. The summed E-state index contributed by atoms with van der Waals surface area (Å²) in [4.78, 5) is 26.4. The van der Waals surface area contributed by atoms with Crippen molar-refractivity contribution < 1.29 is 23.8 Å². The van der Waals surface area contributed by atoms with Crippen LogP contribution in [0.3, 0.4) is 0 Å². The number of esters is 1. The fourth-order valence-electron chi connectivity index (χ4n) is 3.39. The zero-order valence-corrected chi connectivity index (χ0v) is 19.0. The standard InChI is InChI=1S/C27H26FNO4/c1-17(27(32)33-4)19-8-12-22(24(28)16-19)20-9-14-26(31)23(15-20)25(30)13-7-18-5-10-21(11-6-18)29(2)3/h5-17,31H,1-4H3/b13-7+. The van der Waals surface area contributed by atoms with Gasteiger partial charge in [0.05, 0.1) is 18.6 Å². The van der Waals surface area contributed by atoms with Crippen LogP contribution in [0.4, 0.5) is 10.1 Å². The quantitative estimate of drug-likeness (QED) is 0.297. The molecule has 0 radical (unpaired) electrons. The van der Waals surface area contributed by atoms with Gasteiger partial charge in [0, 0.05) is 25.3 Å². The molecule has 0 aliphatic heterocycles. The third kappa shape index (κ3) is 5.47. The van der Waals surface area contributed by atoms with Gasteiger partial charge in [0.25, 0.3) is 0 Å². The summed E-state index contributed by atoms with van der Waals surface area (Å²) in [6.45, 7) is 1.64. The predicted molar refractivity (Wildman–Crippen MR) is 128 cm³/mol. The highest BCUT2D eigenvalue weighted by Crippen LogP contribution is 2.30. The Morgan fingerprint density at radius 1 is 1.03 bits per heavy atom. The van der Waals surface area contributed by atoms with E-state index in [4.69, 9.17) is 4.74 Å². The zero-order chi connectivity index (χ0) is 24.1. The number of hydrogen-bond donors (Lipinski definition) is 1. The largest absolute Gasteiger partial charge is 0.507 e. The van der Waals surface area contributed by atoms with Crippen LogP contribution >= 0.6 is 0 Å². The Hall–Kier alpha value is -3.93. The van der Waals surface area contributed by atoms with Gasteiger partial charge in [0.1, 0.15) is 11.6 Å². The van der Waals surface area contributed by atoms with Crippen molar-refractivity contribution in [3.8, 4) is 16.9 Å². The van der Waals surface area contributed by atoms with Gasteiger partial charge >= 0.3 is 5.97 Å². The summed E-state index contributed by atoms with van der Waals surface area (Å²) in [6.07, 6.45) is 3.04. The van der Waals surface area contributed by atoms with Gasteiger partial charge in [-0.05, 0) is 60.0 Å². The van der Waals surface area contributed by atoms with Crippen molar-refractivity contribution in [1.82, 2.24) is 0 Å². The molecule has 0 heterocycles. The van der Waals surface area contributed by atoms with E-state index in [0.717, 1.165) is 11.3 Å². The second kappa shape index (κ2) is 10.1. The number of nitrogens with zero attached hydrogens (tertiary/aromatic N) is 1. The first-order valence-electron chi connectivity index (χ1n) is 10.4. The van der Waals surface area contributed by atoms with Gasteiger partial charge in [-0.3, -0.25) is 9.59 Å². The van der Waals surface area contributed by atoms with Crippen molar-refractivity contribution >= 4 is 23.5 Å². The summed E-state index contributed by atoms with van der Waals surface area (Å²) in [5.74, 6) is -2.19. The summed E-state index contributed by atoms with van der Waals surface area (Å²) < 4.78 is 19.6. The number of phenolic OH excluding ortho intramolecular Hbond substituents is 1. The molecule has 3 aromatic rings. The molecule has 33 heavy (non-hydrogen) atoms. The Morgan fingerprint density at radius 2 is 1.73 bits per heavy atom. The number of carbonyl (C=O) groups excluding carboxylic acids is 2. The molecular formula is C27H26FNO4. The van der Waals surface area contributed by atoms with Crippen molar-refractivity contribution in [2.75, 3.05) is 26.1 Å². The van der Waals surface area contributed by atoms with E-state index in [1.807, 2.05) is 43.3 Å². The average molecular weight is 448 g/mol. The van der Waals surface area contributed by atoms with Gasteiger partial charge in [-0.25, -0.2) is 4.39 Å². The van der Waals surface area contributed by atoms with E-state index in [1.54, 1.807) is 25.1 Å². The van der Waals surface area contributed by atoms with Crippen LogP contribution < -0.4 is 4.90 Å². The number of carbonyl (C=O) groups is 2. The fourth-order valence-corrected chi connectivity index (χ4v) is 3.39. The Labute approximate surface area is 192 Å². The molecular weight excluding hydrogens is 421 g/mol. The number of aromatic hydroxyl groups is 1. The molecule has 0 saturated heterocycles. The highest BCUT2D eigenvalue weighted by molar-refractivity contribution is 6.09. The number of benzene rings is 3. The molecule has 0 spiro atoms. The Bertz CT molecular complexity index is 1200. The predicted octanol–water partition coefficient (Wildman–Crippen LogP) is 5.44. The maximum Gasteiger partial charge on any atom is 0.312 e. The van der Waals surface area contributed by atoms with Gasteiger partial charge < -0.3 is 14.7 Å². The van der Waals surface area contributed by atoms with E-state index in [-0.39, 0.29) is 16.9 Å². The number of ketones is 1. The second-order valence-electron chi connectivity index (χ2n) is 7.90. The summed E-state index contributed by atoms with van der Waals surface area (Å²) in [5, 5.41) is 10.2. The second-order valence-corrected chi connectivity index (χ2v) is 7.90. The molecule has 1 N–H and O–H groups in total. The van der Waals surface area contributed by atoms with Crippen molar-refractivity contribution in [2.45, 2.75) is 12.8 Å². The number of halogens is 1. The molecule has 1 unspecified atom stereocenters. The average Bonchev–Trinajstić information content (AvgIpc) is 2.82. The topological polar surface area (TPSA) is 66.8 Å². The highest BCUT2D eigenvalue weighted by Gasteiger charge is 2.18. The van der Waals surface area contributed by atoms with Gasteiger partial charge in [0.15, 0.2) is 5.78 Å². The molecule has 0 fully saturated rings. The minimum atomic E-state index is -0.604. The summed E-state index contributed by atoms with van der Waals surface area (Å²) in [5.41, 5.74) is 3.13. The van der Waals surface area contributed by atoms with Gasteiger partial charge in [0.2, 0.25) is 0 Å². The monoisotopic (exact) mass is 447 g/mol. The lowest BCUT2D eigenvalue weighted by Gasteiger charge is -2.12. The van der Waals surface area contributed by atoms with Crippen LogP contribution in [-0.4, -0.2) is 38.1 Å². The number of hydrogen-bond acceptors (Lipinski definition) is 5. The van der Waals surface area contributed by atoms with E-state index in [2.05, 4.69) is 0 Å². The van der Waals surface area contributed by atoms with Crippen molar-refractivity contribution in [3.63, 3.8) is 0 Å². The molecule has 0 aliphatic carbocycles. The Morgan fingerprint density at radius 3 is 2.33 bits per heavy atom. The first-order valence-corrected chi connectivity index (χ1v) is 10.4. The molecule has 0 bridgehead atoms. The zero-order valence-electron chi connectivity index (χ0n) is 19.0. The molecule has 0 aliphatic rings. The van der Waals surface area contributed by atoms with Crippen molar-refractivity contribution in [2.24, 2.45) is 0 Å². The lowest BCUT2D eigenvalue weighted by Crippen LogP contribution is -2.11. The summed E-state index contributed by atoms with van der Waals surface area (Å²) in [7, 11) is 5.17. The highest BCUT2D eigenvalue weighted by atomic mass is 19.1. The van der Waals surface area contributed by atoms with E-state index in [0.29, 0.717) is 11.1 Å². The molecule has 170 valence electrons. The van der Waals surface area contributed by atoms with Crippen LogP contribution in [0.5, 0.6) is 5.75 Å². The molecule has 5 nitrogen and oxygen atoms in total. The Kier molecular flexibility index (Phi) is 7.28. The first kappa shape index (κ1) is 23.7. The maximum absolute atomic E-state index is 14.8. The first-order chi connectivity index (χ1) is 15.7. The number of methoxy groups -OCH3 is 1. The van der Waals surface area contributed by atoms with Crippen molar-refractivity contribution in [1.29, 1.82) is 0 Å². The molecule has 3 aromatic carbocycles. The number of anilines is 1. The van der Waals surface area contributed by atoms with Crippen LogP contribution in [0.15, 0.2) is 66.7 Å². The number of ether oxygens (including phenoxy) is 1. The lowest BCUT2D eigenvalue weighted by atomic mass is 9.95. The number of rotatable bonds is 7. The lowest BCUT2D eigenvalue weighted by molar-refractivity contribution is -0.142. The van der Waals surface area contributed by atoms with Crippen LogP contribution in [0.2, 0.25) is 0 Å². The smallest absolute Gasteiger partial charge is 0.312 e. The fraction of sp³-hybridized carbons (Fsp3) is 0.185. The van der Waals surface area contributed by atoms with Gasteiger partial charge in [-0.2, -0.15) is 0 Å². The van der Waals surface area contributed by atoms with E-state index >= 15 is 0 Å². The van der Waals surface area contributed by atoms with Crippen LogP contribution in [0.25, 0.3) is 17.2 Å². The third-order valence-corrected chi connectivity index (χ3v) is 5.46. The van der Waals surface area contributed by atoms with Crippen LogP contribution in [0.1, 0.15) is 34.3 Å². The van der Waals surface area contributed by atoms with E-state index in [9.17, 15) is 19.1 Å². The molecule has 0 amide bonds. The molecule has 6 heteroatoms. The normalized spacial score (nSPS) is 11.9. The maximum atomic E-state index is 14.8. The molecule has 0 aromatic heterocycles. The van der Waals surface area contributed by atoms with Crippen LogP contribution in [-0.2, 0) is 9.53 Å². The Balaban J connectivity index is 1.86. The molecule has 0 saturated carbocycles. The summed E-state index contributed by atoms with van der Waals surface area (Å²) >= 11 is 0.